The van der Waals surface area contributed by atoms with E-state index in [-0.39, 0.29) is 4.92 Å². The molecule has 0 aliphatic heterocycles. The molecule has 0 fully saturated rings. The first-order valence-corrected chi connectivity index (χ1v) is 16.4. The molecule has 0 aromatic rings. The summed E-state index contributed by atoms with van der Waals surface area (Å²) in [5.41, 5.74) is 4.50. The Labute approximate surface area is 112 Å². The van der Waals surface area contributed by atoms with Gasteiger partial charge in [0.2, 0.25) is 0 Å². The molecule has 0 bridgehead atoms. The fourth-order valence-corrected chi connectivity index (χ4v) is 0. The summed E-state index contributed by atoms with van der Waals surface area (Å²) in [5.74, 6) is 0. The molecule has 0 radical (unpaired) electrons. The molecule has 0 heterocycles. The summed E-state index contributed by atoms with van der Waals surface area (Å²) in [5, 5.41) is 8.81. The van der Waals surface area contributed by atoms with Crippen LogP contribution in [0.5, 0.6) is 0 Å². The van der Waals surface area contributed by atoms with Crippen LogP contribution >= 0.6 is 59.9 Å². The van der Waals surface area contributed by atoms with E-state index in [0.717, 1.165) is 7.05 Å². The molecule has 2 N–H and O–H groups in total. The van der Waals surface area contributed by atoms with Crippen molar-refractivity contribution in [2.75, 3.05) is 14.1 Å². The zero-order chi connectivity index (χ0) is 11.2. The molecule has 0 unspecified atom stereocenters. The molecule has 4 nitrogen and oxygen atoms in total. The second kappa shape index (κ2) is 29.2. The molecule has 0 atom stereocenters. The number of hydrogen-bond acceptors (Lipinski definition) is 3. The van der Waals surface area contributed by atoms with Gasteiger partial charge in [0.15, 0.2) is 7.05 Å². The van der Waals surface area contributed by atoms with Crippen LogP contribution in [0.1, 0.15) is 13.8 Å². The third kappa shape index (κ3) is 330. The average molecular weight is 554 g/mol. The molecule has 78 valence electrons. The molecule has 0 amide bonds. The first-order valence-electron chi connectivity index (χ1n) is 2.90. The fourth-order valence-electron chi connectivity index (χ4n) is 0. The third-order valence-electron chi connectivity index (χ3n) is 0. The minimum atomic E-state index is -0.500. The zero-order valence-corrected chi connectivity index (χ0v) is 15.3. The van der Waals surface area contributed by atoms with Crippen molar-refractivity contribution in [2.24, 2.45) is 5.73 Å². The van der Waals surface area contributed by atoms with E-state index >= 15 is 0 Å². The van der Waals surface area contributed by atoms with Gasteiger partial charge in [0.25, 0.3) is 0 Å². The second-order valence-corrected chi connectivity index (χ2v) is 36.0. The summed E-state index contributed by atoms with van der Waals surface area (Å²) in [7, 11) is 2.39. The van der Waals surface area contributed by atoms with Gasteiger partial charge in [0, 0.05) is 4.92 Å². The van der Waals surface area contributed by atoms with Crippen LogP contribution in [-0.2, 0) is 4.92 Å². The monoisotopic (exact) mass is 554 g/mol. The van der Waals surface area contributed by atoms with E-state index in [4.69, 9.17) is 10.1 Å². The minimum absolute atomic E-state index is 0.278. The number of nitro groups is 1. The van der Waals surface area contributed by atoms with Gasteiger partial charge in [0.1, 0.15) is 0 Å². The summed E-state index contributed by atoms with van der Waals surface area (Å²) in [6, 6.07) is 0. The Hall–Kier alpha value is 2.13. The van der Waals surface area contributed by atoms with Crippen molar-refractivity contribution in [1.82, 2.24) is 0 Å². The molecule has 0 aromatic carbocycles. The Morgan fingerprint density at radius 2 is 1.25 bits per heavy atom. The van der Waals surface area contributed by atoms with Crippen molar-refractivity contribution >= 4 is 59.9 Å². The van der Waals surface area contributed by atoms with E-state index in [0.29, 0.717) is 0 Å². The van der Waals surface area contributed by atoms with Crippen molar-refractivity contribution in [3.63, 3.8) is 0 Å². The second-order valence-electron chi connectivity index (χ2n) is 0.631. The van der Waals surface area contributed by atoms with Gasteiger partial charge in [-0.2, -0.15) is 0 Å². The topological polar surface area (TPSA) is 69.2 Å². The molecule has 0 rings (SSSR count). The van der Waals surface area contributed by atoms with Crippen molar-refractivity contribution < 1.29 is 9.84 Å². The summed E-state index contributed by atoms with van der Waals surface area (Å²) in [6.45, 7) is 4.00. The van der Waals surface area contributed by atoms with Crippen LogP contribution in [0.2, 0.25) is 0 Å². The molecule has 12 heavy (non-hydrogen) atoms. The van der Waals surface area contributed by atoms with Gasteiger partial charge >= 0.3 is 64.9 Å². The Balaban J connectivity index is -0.0000000380. The molecule has 0 spiro atoms. The fraction of sp³-hybridized carbons (Fsp3) is 1.00. The van der Waals surface area contributed by atoms with Gasteiger partial charge in [-0.3, -0.25) is 10.1 Å². The van der Waals surface area contributed by atoms with E-state index < -0.39 is 4.92 Å². The standard InChI is InChI=1S/C2H6.CH3NO2.CH5N.3HI.V/c1-2;1-2(3)4;1-2;;;;/h1-2H3;1H3;2H2,1H3;3*1H;/q;;;;;;+3/p-3. The summed E-state index contributed by atoms with van der Waals surface area (Å²) in [6.07, 6.45) is 0. The zero-order valence-electron chi connectivity index (χ0n) is 7.42. The maximum absolute atomic E-state index is 8.81. The quantitative estimate of drug-likeness (QED) is 0.285. The molecule has 0 aliphatic rings. The molecular weight excluding hydrogens is 540 g/mol. The molecule has 8 heteroatoms. The number of nitrogens with two attached hydrogens (primary N) is 1. The van der Waals surface area contributed by atoms with E-state index in [1.807, 2.05) is 13.8 Å². The maximum atomic E-state index is 8.81. The van der Waals surface area contributed by atoms with Gasteiger partial charge < -0.3 is 5.73 Å². The van der Waals surface area contributed by atoms with Crippen LogP contribution < -0.4 is 5.73 Å². The van der Waals surface area contributed by atoms with Crippen molar-refractivity contribution in [3.05, 3.63) is 10.1 Å². The Kier molecular flexibility index (Phi) is 57.8. The summed E-state index contributed by atoms with van der Waals surface area (Å²) in [4.78, 5) is 8.03. The van der Waals surface area contributed by atoms with Crippen LogP contribution in [0.15, 0.2) is 0 Å². The first kappa shape index (κ1) is 23.7. The van der Waals surface area contributed by atoms with Gasteiger partial charge in [-0.05, 0) is 7.05 Å². The Bertz CT molecular complexity index is 70.6. The molecule has 0 saturated carbocycles. The predicted molar refractivity (Wildman–Crippen MR) is 76.4 cm³/mol. The number of nitrogens with zero attached hydrogens (tertiary/aromatic N) is 1. The SMILES string of the molecule is CC.CN.C[N+](=O)[O-].[I][V]([I])[I]. The van der Waals surface area contributed by atoms with Gasteiger partial charge in [0.05, 0.1) is 0 Å². The van der Waals surface area contributed by atoms with E-state index in [1.165, 1.54) is 7.05 Å². The van der Waals surface area contributed by atoms with Crippen LogP contribution in [0.4, 0.5) is 0 Å². The van der Waals surface area contributed by atoms with E-state index in [9.17, 15) is 0 Å². The van der Waals surface area contributed by atoms with Gasteiger partial charge in [-0.1, -0.05) is 13.8 Å². The van der Waals surface area contributed by atoms with Crippen LogP contribution in [-0.4, -0.2) is 19.0 Å². The number of halogens is 3. The van der Waals surface area contributed by atoms with Crippen molar-refractivity contribution in [2.45, 2.75) is 13.8 Å². The summed E-state index contributed by atoms with van der Waals surface area (Å²) >= 11 is 7.39. The molecule has 0 saturated heterocycles. The van der Waals surface area contributed by atoms with Crippen LogP contribution in [0.3, 0.4) is 0 Å². The molecule has 0 aromatic heterocycles. The number of rotatable bonds is 0. The van der Waals surface area contributed by atoms with Crippen molar-refractivity contribution in [1.29, 1.82) is 0 Å². The van der Waals surface area contributed by atoms with E-state index in [2.05, 4.69) is 65.7 Å². The van der Waals surface area contributed by atoms with Crippen molar-refractivity contribution in [3.8, 4) is 0 Å². The van der Waals surface area contributed by atoms with Gasteiger partial charge in [-0.15, -0.1) is 0 Å². The normalized spacial score (nSPS) is 6.08. The molecular formula is C4H14I3N2O2V. The Morgan fingerprint density at radius 1 is 1.25 bits per heavy atom. The van der Waals surface area contributed by atoms with Gasteiger partial charge in [-0.25, -0.2) is 0 Å². The third-order valence-corrected chi connectivity index (χ3v) is 0. The summed E-state index contributed by atoms with van der Waals surface area (Å²) < 4.78 is 0. The molecule has 0 aliphatic carbocycles. The van der Waals surface area contributed by atoms with E-state index in [1.54, 1.807) is 0 Å². The van der Waals surface area contributed by atoms with Crippen LogP contribution in [0, 0.1) is 10.1 Å². The average Bonchev–Trinajstić information content (AvgIpc) is 1.93. The number of hydrogen-bond donors (Lipinski definition) is 1. The predicted octanol–water partition coefficient (Wildman–Crippen LogP) is 3.15. The van der Waals surface area contributed by atoms with Crippen LogP contribution in [0.25, 0.3) is 0 Å². The Morgan fingerprint density at radius 3 is 1.25 bits per heavy atom. The first-order chi connectivity index (χ1) is 5.46.